The van der Waals surface area contributed by atoms with Crippen molar-refractivity contribution >= 4 is 69.8 Å². The Labute approximate surface area is 134 Å². The summed E-state index contributed by atoms with van der Waals surface area (Å²) in [6, 6.07) is 8.07. The van der Waals surface area contributed by atoms with E-state index in [4.69, 9.17) is 62.7 Å². The fourth-order valence-corrected chi connectivity index (χ4v) is 1.73. The van der Waals surface area contributed by atoms with Crippen LogP contribution in [0.1, 0.15) is 0 Å². The summed E-state index contributed by atoms with van der Waals surface area (Å²) in [5, 5.41) is -1.37. The van der Waals surface area contributed by atoms with E-state index < -0.39 is 25.6 Å². The second-order valence-electron chi connectivity index (χ2n) is 3.16. The molecule has 3 nitrogen and oxygen atoms in total. The van der Waals surface area contributed by atoms with Crippen LogP contribution in [0.3, 0.4) is 0 Å². The van der Waals surface area contributed by atoms with E-state index >= 15 is 0 Å². The first-order valence-corrected chi connectivity index (χ1v) is 6.56. The van der Waals surface area contributed by atoms with Crippen LogP contribution in [0.2, 0.25) is 0 Å². The van der Waals surface area contributed by atoms with Crippen LogP contribution in [-0.4, -0.2) is 15.5 Å². The van der Waals surface area contributed by atoms with Crippen LogP contribution in [0.4, 0.5) is 0 Å². The number of para-hydroxylation sites is 1. The number of esters is 1. The highest BCUT2D eigenvalue weighted by atomic mass is 35.6. The first kappa shape index (κ1) is 16.6. The third-order valence-corrected chi connectivity index (χ3v) is 3.10. The summed E-state index contributed by atoms with van der Waals surface area (Å²) in [7, 11) is 0. The molecule has 0 saturated carbocycles. The Bertz CT molecular complexity index is 519. The molecule has 1 aromatic carbocycles. The smallest absolute Gasteiger partial charge is 0.356 e. The number of ketones is 1. The first-order valence-electron chi connectivity index (χ1n) is 4.67. The molecule has 1 aromatic rings. The van der Waals surface area contributed by atoms with E-state index in [2.05, 4.69) is 0 Å². The van der Waals surface area contributed by atoms with Gasteiger partial charge in [-0.1, -0.05) is 76.2 Å². The molecule has 0 saturated heterocycles. The number of hydrogen-bond acceptors (Lipinski definition) is 3. The van der Waals surface area contributed by atoms with Gasteiger partial charge in [0.25, 0.3) is 3.79 Å². The Kier molecular flexibility index (Phi) is 5.96. The van der Waals surface area contributed by atoms with Gasteiger partial charge in [-0.25, -0.2) is 4.79 Å². The molecule has 0 fully saturated rings. The number of benzene rings is 1. The summed E-state index contributed by atoms with van der Waals surface area (Å²) in [6.45, 7) is 0. The number of halogens is 5. The normalized spacial score (nSPS) is 12.7. The lowest BCUT2D eigenvalue weighted by Crippen LogP contribution is -2.21. The molecule has 8 heteroatoms. The maximum Gasteiger partial charge on any atom is 0.356 e. The van der Waals surface area contributed by atoms with Crippen LogP contribution >= 0.6 is 58.0 Å². The maximum absolute atomic E-state index is 11.6. The van der Waals surface area contributed by atoms with Crippen molar-refractivity contribution in [3.05, 3.63) is 40.4 Å². The number of rotatable bonds is 3. The van der Waals surface area contributed by atoms with Gasteiger partial charge in [0.15, 0.2) is 0 Å². The minimum atomic E-state index is -2.30. The zero-order valence-corrected chi connectivity index (χ0v) is 12.8. The van der Waals surface area contributed by atoms with Crippen LogP contribution in [0.15, 0.2) is 40.4 Å². The van der Waals surface area contributed by atoms with Crippen molar-refractivity contribution in [3.63, 3.8) is 0 Å². The van der Waals surface area contributed by atoms with E-state index in [1.165, 1.54) is 12.1 Å². The van der Waals surface area contributed by atoms with Crippen molar-refractivity contribution in [1.82, 2.24) is 0 Å². The molecule has 0 radical (unpaired) electrons. The number of alkyl halides is 3. The molecule has 0 atom stereocenters. The average Bonchev–Trinajstić information content (AvgIpc) is 2.36. The lowest BCUT2D eigenvalue weighted by atomic mass is 10.3. The van der Waals surface area contributed by atoms with Gasteiger partial charge in [-0.2, -0.15) is 0 Å². The van der Waals surface area contributed by atoms with Crippen LogP contribution in [0.25, 0.3) is 0 Å². The van der Waals surface area contributed by atoms with Crippen LogP contribution in [0.5, 0.6) is 5.75 Å². The van der Waals surface area contributed by atoms with Gasteiger partial charge in [-0.15, -0.1) is 0 Å². The van der Waals surface area contributed by atoms with Crippen molar-refractivity contribution in [2.75, 3.05) is 0 Å². The molecule has 1 rings (SSSR count). The highest BCUT2D eigenvalue weighted by molar-refractivity contribution is 6.79. The van der Waals surface area contributed by atoms with Crippen LogP contribution in [0, 0.1) is 0 Å². The van der Waals surface area contributed by atoms with Crippen LogP contribution in [-0.2, 0) is 9.59 Å². The largest absolute Gasteiger partial charge is 0.422 e. The predicted octanol–water partition coefficient (Wildman–Crippen LogP) is 4.22. The molecule has 0 unspecified atom stereocenters. The zero-order chi connectivity index (χ0) is 14.6. The molecule has 0 spiro atoms. The molecular weight excluding hydrogens is 357 g/mol. The first-order chi connectivity index (χ1) is 8.73. The monoisotopic (exact) mass is 360 g/mol. The summed E-state index contributed by atoms with van der Waals surface area (Å²) in [4.78, 5) is 23.1. The van der Waals surface area contributed by atoms with Crippen LogP contribution < -0.4 is 4.74 Å². The maximum atomic E-state index is 11.6. The van der Waals surface area contributed by atoms with E-state index in [1.807, 2.05) is 0 Å². The topological polar surface area (TPSA) is 43.4 Å². The number of carbonyl (C=O) groups excluding carboxylic acids is 2. The van der Waals surface area contributed by atoms with Crippen molar-refractivity contribution < 1.29 is 14.3 Å². The van der Waals surface area contributed by atoms with Crippen molar-refractivity contribution in [2.24, 2.45) is 0 Å². The summed E-state index contributed by atoms with van der Waals surface area (Å²) in [5.41, 5.74) is 0. The number of allylic oxidation sites excluding steroid dienone is 1. The average molecular weight is 362 g/mol. The number of ether oxygens (including phenoxy) is 1. The predicted molar refractivity (Wildman–Crippen MR) is 76.1 cm³/mol. The second kappa shape index (κ2) is 6.82. The van der Waals surface area contributed by atoms with E-state index in [0.717, 1.165) is 0 Å². The highest BCUT2D eigenvalue weighted by Gasteiger charge is 2.35. The molecular formula is C11H5Cl5O3. The van der Waals surface area contributed by atoms with E-state index in [0.29, 0.717) is 0 Å². The molecule has 0 N–H and O–H groups in total. The third-order valence-electron chi connectivity index (χ3n) is 1.78. The number of carbonyl (C=O) groups is 2. The van der Waals surface area contributed by atoms with Gasteiger partial charge in [0.2, 0.25) is 5.78 Å². The quantitative estimate of drug-likeness (QED) is 0.350. The number of Topliss-reactive ketones (excluding diaryl/α,β-unsaturated/α-hetero) is 1. The van der Waals surface area contributed by atoms with Gasteiger partial charge in [-0.05, 0) is 12.1 Å². The Morgan fingerprint density at radius 2 is 1.47 bits per heavy atom. The second-order valence-corrected chi connectivity index (χ2v) is 6.19. The Morgan fingerprint density at radius 3 is 1.95 bits per heavy atom. The highest BCUT2D eigenvalue weighted by Crippen LogP contribution is 2.33. The Hall–Kier alpha value is -0.450. The molecule has 0 aliphatic carbocycles. The van der Waals surface area contributed by atoms with Gasteiger partial charge in [0.05, 0.1) is 0 Å². The summed E-state index contributed by atoms with van der Waals surface area (Å²) >= 11 is 27.2. The lowest BCUT2D eigenvalue weighted by molar-refractivity contribution is -0.129. The molecule has 0 aliphatic heterocycles. The Morgan fingerprint density at radius 1 is 0.947 bits per heavy atom. The number of hydrogen-bond donors (Lipinski definition) is 0. The van der Waals surface area contributed by atoms with Gasteiger partial charge in [-0.3, -0.25) is 4.79 Å². The van der Waals surface area contributed by atoms with Crippen molar-refractivity contribution in [2.45, 2.75) is 3.79 Å². The molecule has 0 amide bonds. The SMILES string of the molecule is O=C(Oc1ccccc1)C(Cl)=C(Cl)C(=O)C(Cl)(Cl)Cl. The third kappa shape index (κ3) is 4.86. The fraction of sp³-hybridized carbons (Fsp3) is 0.0909. The molecule has 0 aliphatic rings. The minimum Gasteiger partial charge on any atom is -0.422 e. The molecule has 0 bridgehead atoms. The van der Waals surface area contributed by atoms with Gasteiger partial charge < -0.3 is 4.74 Å². The van der Waals surface area contributed by atoms with E-state index in [-0.39, 0.29) is 5.75 Å². The lowest BCUT2D eigenvalue weighted by Gasteiger charge is -2.09. The van der Waals surface area contributed by atoms with Gasteiger partial charge in [0.1, 0.15) is 15.8 Å². The minimum absolute atomic E-state index is 0.233. The molecule has 102 valence electrons. The van der Waals surface area contributed by atoms with E-state index in [1.54, 1.807) is 18.2 Å². The molecule has 0 heterocycles. The van der Waals surface area contributed by atoms with E-state index in [9.17, 15) is 9.59 Å². The van der Waals surface area contributed by atoms with Gasteiger partial charge in [0, 0.05) is 0 Å². The summed E-state index contributed by atoms with van der Waals surface area (Å²) in [6.07, 6.45) is 0. The zero-order valence-electron chi connectivity index (χ0n) is 9.00. The summed E-state index contributed by atoms with van der Waals surface area (Å²) in [5.74, 6) is -1.91. The van der Waals surface area contributed by atoms with Gasteiger partial charge >= 0.3 is 5.97 Å². The van der Waals surface area contributed by atoms with Crippen molar-refractivity contribution in [3.8, 4) is 5.75 Å². The molecule has 19 heavy (non-hydrogen) atoms. The summed E-state index contributed by atoms with van der Waals surface area (Å²) < 4.78 is 2.56. The molecule has 0 aromatic heterocycles. The Balaban J connectivity index is 2.90. The standard InChI is InChI=1S/C11H5Cl5O3/c12-7(9(17)11(14,15)16)8(13)10(18)19-6-4-2-1-3-5-6/h1-5H. The van der Waals surface area contributed by atoms with Crippen molar-refractivity contribution in [1.29, 1.82) is 0 Å². The fourth-order valence-electron chi connectivity index (χ4n) is 0.954.